The first-order chi connectivity index (χ1) is 24.5. The van der Waals surface area contributed by atoms with Gasteiger partial charge in [0, 0.05) is 48.7 Å². The summed E-state index contributed by atoms with van der Waals surface area (Å²) in [5.74, 6) is -3.68. The number of hydrogen-bond acceptors (Lipinski definition) is 14. The summed E-state index contributed by atoms with van der Waals surface area (Å²) in [6.07, 6.45) is 2.81. The molecule has 54 heavy (non-hydrogen) atoms. The third kappa shape index (κ3) is 10.9. The van der Waals surface area contributed by atoms with Crippen molar-refractivity contribution in [2.45, 2.75) is 28.8 Å². The maximum absolute atomic E-state index is 12.8. The number of pyridine rings is 2. The Morgan fingerprint density at radius 1 is 0.722 bits per heavy atom. The van der Waals surface area contributed by atoms with Gasteiger partial charge in [-0.25, -0.2) is 0 Å². The zero-order valence-corrected chi connectivity index (χ0v) is 31.7. The first kappa shape index (κ1) is 45.5. The SMILES string of the molecule is COc1cc(C(c2ccccn2)N(CCN(CC(C)=O)[C@H](c2ccccn2)c2cc(OC)cc(S(=O)(=O)O)c2O)CC(=O)O)c(O)c(S(=O)(=O)O)c1.O.[Mn+2]. The van der Waals surface area contributed by atoms with Gasteiger partial charge in [-0.05, 0) is 43.3 Å². The number of phenols is 2. The quantitative estimate of drug-likeness (QED) is 0.0748. The van der Waals surface area contributed by atoms with Crippen LogP contribution in [-0.4, -0.2) is 119 Å². The number of nitrogens with zero attached hydrogens (tertiary/aromatic N) is 4. The number of ether oxygens (including phenoxy) is 2. The van der Waals surface area contributed by atoms with Crippen molar-refractivity contribution in [1.82, 2.24) is 19.8 Å². The second-order valence-electron chi connectivity index (χ2n) is 11.4. The molecule has 1 radical (unpaired) electrons. The second-order valence-corrected chi connectivity index (χ2v) is 14.2. The summed E-state index contributed by atoms with van der Waals surface area (Å²) in [4.78, 5) is 34.9. The van der Waals surface area contributed by atoms with Crippen molar-refractivity contribution in [3.05, 3.63) is 95.6 Å². The van der Waals surface area contributed by atoms with Crippen LogP contribution in [-0.2, 0) is 46.9 Å². The van der Waals surface area contributed by atoms with Crippen molar-refractivity contribution in [3.63, 3.8) is 0 Å². The van der Waals surface area contributed by atoms with E-state index in [9.17, 15) is 50.8 Å². The molecular formula is C33H38MnN4O14S2+2. The molecule has 2 aromatic heterocycles. The van der Waals surface area contributed by atoms with Crippen LogP contribution >= 0.6 is 0 Å². The fraction of sp³-hybridized carbons (Fsp3) is 0.273. The van der Waals surface area contributed by atoms with Crippen LogP contribution in [0.2, 0.25) is 0 Å². The Bertz CT molecular complexity index is 1990. The van der Waals surface area contributed by atoms with E-state index in [1.54, 1.807) is 30.3 Å². The average molecular weight is 834 g/mol. The molecule has 0 fully saturated rings. The molecule has 0 saturated carbocycles. The molecule has 7 N–H and O–H groups in total. The van der Waals surface area contributed by atoms with Gasteiger partial charge < -0.3 is 30.3 Å². The zero-order chi connectivity index (χ0) is 38.4. The smallest absolute Gasteiger partial charge is 0.506 e. The number of ketones is 1. The van der Waals surface area contributed by atoms with Gasteiger partial charge in [-0.2, -0.15) is 16.8 Å². The molecule has 0 aliphatic carbocycles. The van der Waals surface area contributed by atoms with E-state index >= 15 is 0 Å². The molecule has 0 aliphatic heterocycles. The zero-order valence-electron chi connectivity index (χ0n) is 28.9. The Hall–Kier alpha value is -4.70. The predicted octanol–water partition coefficient (Wildman–Crippen LogP) is 1.73. The van der Waals surface area contributed by atoms with Crippen LogP contribution in [0.1, 0.15) is 41.5 Å². The van der Waals surface area contributed by atoms with Crippen LogP contribution in [0.25, 0.3) is 0 Å². The second kappa shape index (κ2) is 19.1. The Morgan fingerprint density at radius 3 is 1.41 bits per heavy atom. The largest absolute Gasteiger partial charge is 2.00 e. The molecule has 2 aromatic carbocycles. The first-order valence-electron chi connectivity index (χ1n) is 15.2. The number of phenolic OH excluding ortho intramolecular Hbond substituents is 2. The number of carboxylic acids is 1. The van der Waals surface area contributed by atoms with Gasteiger partial charge in [0.05, 0.1) is 50.8 Å². The van der Waals surface area contributed by atoms with E-state index in [2.05, 4.69) is 9.97 Å². The molecule has 2 atom stereocenters. The average Bonchev–Trinajstić information content (AvgIpc) is 3.08. The summed E-state index contributed by atoms with van der Waals surface area (Å²) < 4.78 is 79.6. The van der Waals surface area contributed by atoms with E-state index < -0.39 is 71.9 Å². The molecule has 2 heterocycles. The number of rotatable bonds is 17. The number of aromatic nitrogens is 2. The first-order valence-corrected chi connectivity index (χ1v) is 18.1. The number of carbonyl (C=O) groups is 2. The fourth-order valence-electron chi connectivity index (χ4n) is 5.73. The number of aromatic hydroxyl groups is 2. The summed E-state index contributed by atoms with van der Waals surface area (Å²) in [5, 5.41) is 32.6. The van der Waals surface area contributed by atoms with E-state index in [4.69, 9.17) is 9.47 Å². The Kier molecular flexibility index (Phi) is 16.0. The molecule has 0 spiro atoms. The van der Waals surface area contributed by atoms with Crippen LogP contribution < -0.4 is 9.47 Å². The van der Waals surface area contributed by atoms with Crippen LogP contribution in [0.3, 0.4) is 0 Å². The topological polar surface area (TPSA) is 286 Å². The molecule has 0 bridgehead atoms. The summed E-state index contributed by atoms with van der Waals surface area (Å²) in [6.45, 7) is -0.304. The number of methoxy groups -OCH3 is 2. The van der Waals surface area contributed by atoms with Gasteiger partial charge in [-0.3, -0.25) is 38.5 Å². The van der Waals surface area contributed by atoms with Crippen molar-refractivity contribution in [2.24, 2.45) is 0 Å². The van der Waals surface area contributed by atoms with Crippen molar-refractivity contribution < 1.29 is 82.9 Å². The summed E-state index contributed by atoms with van der Waals surface area (Å²) in [6, 6.07) is 11.2. The molecule has 0 amide bonds. The molecule has 21 heteroatoms. The van der Waals surface area contributed by atoms with E-state index in [1.807, 2.05) is 0 Å². The van der Waals surface area contributed by atoms with Crippen molar-refractivity contribution in [1.29, 1.82) is 0 Å². The molecule has 1 unspecified atom stereocenters. The van der Waals surface area contributed by atoms with Gasteiger partial charge in [0.2, 0.25) is 0 Å². The number of carboxylic acid groups (broad SMARTS) is 1. The Balaban J connectivity index is 0.00000504. The Morgan fingerprint density at radius 2 is 1.11 bits per heavy atom. The van der Waals surface area contributed by atoms with Gasteiger partial charge in [-0.15, -0.1) is 0 Å². The van der Waals surface area contributed by atoms with Crippen molar-refractivity contribution >= 4 is 32.0 Å². The number of aliphatic carboxylic acids is 1. The van der Waals surface area contributed by atoms with Crippen molar-refractivity contribution in [3.8, 4) is 23.0 Å². The maximum atomic E-state index is 12.8. The molecule has 4 aromatic rings. The number of benzene rings is 2. The van der Waals surface area contributed by atoms with Crippen LogP contribution in [0.4, 0.5) is 0 Å². The van der Waals surface area contributed by atoms with E-state index in [0.29, 0.717) is 0 Å². The van der Waals surface area contributed by atoms with Gasteiger partial charge >= 0.3 is 23.0 Å². The minimum atomic E-state index is -5.02. The summed E-state index contributed by atoms with van der Waals surface area (Å²) >= 11 is 0. The monoisotopic (exact) mass is 833 g/mol. The van der Waals surface area contributed by atoms with Crippen LogP contribution in [0, 0.1) is 0 Å². The maximum Gasteiger partial charge on any atom is 2.00 e. The molecule has 291 valence electrons. The van der Waals surface area contributed by atoms with Gasteiger partial charge in [0.25, 0.3) is 20.2 Å². The fourth-order valence-corrected chi connectivity index (χ4v) is 6.98. The molecule has 0 aliphatic rings. The van der Waals surface area contributed by atoms with Crippen LogP contribution in [0.15, 0.2) is 82.8 Å². The van der Waals surface area contributed by atoms with E-state index in [1.165, 1.54) is 61.5 Å². The van der Waals surface area contributed by atoms with E-state index in [-0.39, 0.29) is 76.2 Å². The standard InChI is InChI=1S/C33H36N4O13S2.Mn.H2O/c1-20(38)18-36(30(25-8-4-6-10-34-25)23-14-21(49-2)16-27(32(23)41)51(43,44)45)12-13-37(19-29(39)40)31(26-9-5-7-11-35-26)24-15-22(50-3)17-28(33(24)42)52(46,47)48;;/h4-11,14-17,30-31,41-42H,12-13,18-19H2,1-3H3,(H,39,40)(H,43,44,45)(H,46,47,48);;1H2/q;+2;/t30-,31?;;/m0../s1. The summed E-state index contributed by atoms with van der Waals surface area (Å²) in [7, 11) is -7.57. The third-order valence-electron chi connectivity index (χ3n) is 7.88. The van der Waals surface area contributed by atoms with Crippen molar-refractivity contribution in [2.75, 3.05) is 40.4 Å². The van der Waals surface area contributed by atoms with Gasteiger partial charge in [0.1, 0.15) is 38.6 Å². The summed E-state index contributed by atoms with van der Waals surface area (Å²) in [5.41, 5.74) is 0.0230. The normalized spacial score (nSPS) is 12.6. The minimum absolute atomic E-state index is 0. The van der Waals surface area contributed by atoms with Gasteiger partial charge in [0.15, 0.2) is 0 Å². The van der Waals surface area contributed by atoms with E-state index in [0.717, 1.165) is 12.1 Å². The third-order valence-corrected chi connectivity index (χ3v) is 9.61. The molecule has 18 nitrogen and oxygen atoms in total. The molecule has 0 saturated heterocycles. The number of Topliss-reactive ketones (excluding diaryl/α,β-unsaturated/α-hetero) is 1. The number of hydrogen-bond donors (Lipinski definition) is 5. The predicted molar refractivity (Wildman–Crippen MR) is 186 cm³/mol. The van der Waals surface area contributed by atoms with Gasteiger partial charge in [-0.1, -0.05) is 12.1 Å². The molecule has 4 rings (SSSR count). The minimum Gasteiger partial charge on any atom is -0.506 e. The molecular weight excluding hydrogens is 795 g/mol. The number of carbonyl (C=O) groups excluding carboxylic acids is 1. The Labute approximate surface area is 321 Å². The van der Waals surface area contributed by atoms with Crippen LogP contribution in [0.5, 0.6) is 23.0 Å².